The number of rotatable bonds is 3. The summed E-state index contributed by atoms with van der Waals surface area (Å²) in [6, 6.07) is 7.08. The largest absolute Gasteiger partial charge is 0.397 e. The van der Waals surface area contributed by atoms with E-state index in [1.807, 2.05) is 45.9 Å². The number of carbonyl (C=O) groups is 1. The van der Waals surface area contributed by atoms with Gasteiger partial charge in [-0.25, -0.2) is 0 Å². The number of carbonyl (C=O) groups excluding carboxylic acids is 1. The molecule has 0 spiro atoms. The highest BCUT2D eigenvalue weighted by Crippen LogP contribution is 2.17. The van der Waals surface area contributed by atoms with Crippen LogP contribution < -0.4 is 16.4 Å². The van der Waals surface area contributed by atoms with E-state index in [1.165, 1.54) is 0 Å². The van der Waals surface area contributed by atoms with Crippen molar-refractivity contribution >= 4 is 17.3 Å². The SMILES string of the molecule is CC(Nc1ccccc1N)C(=O)NC(C)(C)C. The predicted octanol–water partition coefficient (Wildman–Crippen LogP) is 1.98. The van der Waals surface area contributed by atoms with E-state index in [2.05, 4.69) is 10.6 Å². The highest BCUT2D eigenvalue weighted by molar-refractivity contribution is 5.85. The maximum Gasteiger partial charge on any atom is 0.242 e. The Balaban J connectivity index is 2.64. The highest BCUT2D eigenvalue weighted by Gasteiger charge is 2.19. The molecule has 1 amide bonds. The quantitative estimate of drug-likeness (QED) is 0.702. The van der Waals surface area contributed by atoms with E-state index in [1.54, 1.807) is 6.07 Å². The van der Waals surface area contributed by atoms with Gasteiger partial charge in [0.05, 0.1) is 11.4 Å². The molecular weight excluding hydrogens is 214 g/mol. The normalized spacial score (nSPS) is 12.9. The van der Waals surface area contributed by atoms with Gasteiger partial charge in [0, 0.05) is 5.54 Å². The summed E-state index contributed by atoms with van der Waals surface area (Å²) < 4.78 is 0. The van der Waals surface area contributed by atoms with Crippen LogP contribution in [0.5, 0.6) is 0 Å². The summed E-state index contributed by atoms with van der Waals surface area (Å²) in [4.78, 5) is 11.9. The van der Waals surface area contributed by atoms with Crippen LogP contribution in [0.15, 0.2) is 24.3 Å². The molecule has 0 radical (unpaired) electrons. The average molecular weight is 235 g/mol. The second-order valence-electron chi connectivity index (χ2n) is 5.19. The van der Waals surface area contributed by atoms with Crippen LogP contribution in [-0.4, -0.2) is 17.5 Å². The third kappa shape index (κ3) is 4.34. The molecule has 0 heterocycles. The minimum Gasteiger partial charge on any atom is -0.397 e. The molecule has 4 nitrogen and oxygen atoms in total. The molecule has 0 saturated carbocycles. The van der Waals surface area contributed by atoms with Crippen molar-refractivity contribution in [3.05, 3.63) is 24.3 Å². The van der Waals surface area contributed by atoms with Crippen LogP contribution in [0.3, 0.4) is 0 Å². The smallest absolute Gasteiger partial charge is 0.242 e. The van der Waals surface area contributed by atoms with Gasteiger partial charge in [-0.05, 0) is 39.8 Å². The summed E-state index contributed by atoms with van der Waals surface area (Å²) in [5, 5.41) is 6.01. The molecule has 0 aliphatic rings. The van der Waals surface area contributed by atoms with Crippen molar-refractivity contribution in [1.82, 2.24) is 5.32 Å². The van der Waals surface area contributed by atoms with Crippen molar-refractivity contribution < 1.29 is 4.79 Å². The Morgan fingerprint density at radius 2 is 1.88 bits per heavy atom. The number of benzene rings is 1. The summed E-state index contributed by atoms with van der Waals surface area (Å²) in [5.74, 6) is -0.0410. The first kappa shape index (κ1) is 13.4. The van der Waals surface area contributed by atoms with E-state index in [4.69, 9.17) is 5.73 Å². The topological polar surface area (TPSA) is 67.1 Å². The van der Waals surface area contributed by atoms with Crippen molar-refractivity contribution in [2.75, 3.05) is 11.1 Å². The second kappa shape index (κ2) is 5.08. The number of anilines is 2. The molecule has 94 valence electrons. The van der Waals surface area contributed by atoms with Crippen LogP contribution in [0.2, 0.25) is 0 Å². The molecule has 0 bridgehead atoms. The Bertz CT molecular complexity index is 396. The lowest BCUT2D eigenvalue weighted by atomic mass is 10.1. The van der Waals surface area contributed by atoms with Crippen molar-refractivity contribution in [3.8, 4) is 0 Å². The molecule has 4 N–H and O–H groups in total. The maximum atomic E-state index is 11.9. The van der Waals surface area contributed by atoms with Gasteiger partial charge in [-0.1, -0.05) is 12.1 Å². The molecule has 0 fully saturated rings. The van der Waals surface area contributed by atoms with Crippen LogP contribution in [-0.2, 0) is 4.79 Å². The summed E-state index contributed by atoms with van der Waals surface area (Å²) in [6.07, 6.45) is 0. The van der Waals surface area contributed by atoms with E-state index in [0.29, 0.717) is 5.69 Å². The molecule has 17 heavy (non-hydrogen) atoms. The van der Waals surface area contributed by atoms with Gasteiger partial charge < -0.3 is 16.4 Å². The summed E-state index contributed by atoms with van der Waals surface area (Å²) in [6.45, 7) is 7.67. The minimum absolute atomic E-state index is 0.0410. The van der Waals surface area contributed by atoms with E-state index in [9.17, 15) is 4.79 Å². The Labute approximate surface area is 103 Å². The van der Waals surface area contributed by atoms with Crippen LogP contribution in [0.25, 0.3) is 0 Å². The van der Waals surface area contributed by atoms with Gasteiger partial charge in [-0.3, -0.25) is 4.79 Å². The lowest BCUT2D eigenvalue weighted by Crippen LogP contribution is -2.47. The average Bonchev–Trinajstić information content (AvgIpc) is 2.18. The van der Waals surface area contributed by atoms with Gasteiger partial charge >= 0.3 is 0 Å². The Hall–Kier alpha value is -1.71. The summed E-state index contributed by atoms with van der Waals surface area (Å²) >= 11 is 0. The van der Waals surface area contributed by atoms with Crippen molar-refractivity contribution in [1.29, 1.82) is 0 Å². The van der Waals surface area contributed by atoms with Crippen LogP contribution in [0.4, 0.5) is 11.4 Å². The zero-order valence-electron chi connectivity index (χ0n) is 10.9. The molecule has 1 rings (SSSR count). The molecule has 4 heteroatoms. The van der Waals surface area contributed by atoms with Crippen molar-refractivity contribution in [3.63, 3.8) is 0 Å². The number of para-hydroxylation sites is 2. The fourth-order valence-electron chi connectivity index (χ4n) is 1.41. The fraction of sp³-hybridized carbons (Fsp3) is 0.462. The molecule has 0 aromatic heterocycles. The number of nitrogen functional groups attached to an aromatic ring is 1. The minimum atomic E-state index is -0.320. The van der Waals surface area contributed by atoms with Crippen LogP contribution >= 0.6 is 0 Å². The monoisotopic (exact) mass is 235 g/mol. The van der Waals surface area contributed by atoms with Gasteiger partial charge in [-0.15, -0.1) is 0 Å². The first-order valence-corrected chi connectivity index (χ1v) is 5.72. The van der Waals surface area contributed by atoms with Gasteiger partial charge in [0.2, 0.25) is 5.91 Å². The molecule has 1 atom stereocenters. The van der Waals surface area contributed by atoms with E-state index in [0.717, 1.165) is 5.69 Å². The Kier molecular flexibility index (Phi) is 3.99. The van der Waals surface area contributed by atoms with E-state index in [-0.39, 0.29) is 17.5 Å². The summed E-state index contributed by atoms with van der Waals surface area (Å²) in [7, 11) is 0. The number of nitrogens with two attached hydrogens (primary N) is 1. The van der Waals surface area contributed by atoms with Gasteiger partial charge in [-0.2, -0.15) is 0 Å². The number of amides is 1. The third-order valence-electron chi connectivity index (χ3n) is 2.22. The number of hydrogen-bond donors (Lipinski definition) is 3. The van der Waals surface area contributed by atoms with Crippen molar-refractivity contribution in [2.24, 2.45) is 0 Å². The zero-order chi connectivity index (χ0) is 13.1. The lowest BCUT2D eigenvalue weighted by Gasteiger charge is -2.24. The highest BCUT2D eigenvalue weighted by atomic mass is 16.2. The molecule has 1 unspecified atom stereocenters. The second-order valence-corrected chi connectivity index (χ2v) is 5.19. The van der Waals surface area contributed by atoms with Gasteiger partial charge in [0.25, 0.3) is 0 Å². The lowest BCUT2D eigenvalue weighted by molar-refractivity contribution is -0.122. The van der Waals surface area contributed by atoms with Crippen molar-refractivity contribution in [2.45, 2.75) is 39.3 Å². The molecule has 0 saturated heterocycles. The van der Waals surface area contributed by atoms with Gasteiger partial charge in [0.1, 0.15) is 6.04 Å². The first-order valence-electron chi connectivity index (χ1n) is 5.72. The zero-order valence-corrected chi connectivity index (χ0v) is 10.9. The third-order valence-corrected chi connectivity index (χ3v) is 2.22. The molecule has 1 aromatic rings. The number of hydrogen-bond acceptors (Lipinski definition) is 3. The Morgan fingerprint density at radius 3 is 2.41 bits per heavy atom. The molecule has 0 aliphatic heterocycles. The van der Waals surface area contributed by atoms with E-state index >= 15 is 0 Å². The van der Waals surface area contributed by atoms with Crippen LogP contribution in [0.1, 0.15) is 27.7 Å². The molecule has 0 aliphatic carbocycles. The van der Waals surface area contributed by atoms with Crippen LogP contribution in [0, 0.1) is 0 Å². The fourth-order valence-corrected chi connectivity index (χ4v) is 1.41. The standard InChI is InChI=1S/C13H21N3O/c1-9(12(17)16-13(2,3)4)15-11-8-6-5-7-10(11)14/h5-9,15H,14H2,1-4H3,(H,16,17). The number of nitrogens with one attached hydrogen (secondary N) is 2. The maximum absolute atomic E-state index is 11.9. The predicted molar refractivity (Wildman–Crippen MR) is 71.8 cm³/mol. The molecule has 1 aromatic carbocycles. The first-order chi connectivity index (χ1) is 7.79. The summed E-state index contributed by atoms with van der Waals surface area (Å²) in [5.41, 5.74) is 7.00. The van der Waals surface area contributed by atoms with E-state index < -0.39 is 0 Å². The van der Waals surface area contributed by atoms with Gasteiger partial charge in [0.15, 0.2) is 0 Å². The Morgan fingerprint density at radius 1 is 1.29 bits per heavy atom. The molecular formula is C13H21N3O.